The van der Waals surface area contributed by atoms with E-state index < -0.39 is 0 Å². The lowest BCUT2D eigenvalue weighted by molar-refractivity contribution is 0.631. The summed E-state index contributed by atoms with van der Waals surface area (Å²) in [5.41, 5.74) is 1.28. The van der Waals surface area contributed by atoms with Gasteiger partial charge in [0.15, 0.2) is 0 Å². The molecule has 0 aliphatic carbocycles. The van der Waals surface area contributed by atoms with Gasteiger partial charge in [-0.3, -0.25) is 0 Å². The third-order valence-corrected chi connectivity index (χ3v) is 4.82. The average molecular weight is 268 g/mol. The van der Waals surface area contributed by atoms with Gasteiger partial charge < -0.3 is 0 Å². The van der Waals surface area contributed by atoms with Gasteiger partial charge in [-0.05, 0) is 40.4 Å². The van der Waals surface area contributed by atoms with Gasteiger partial charge in [0.2, 0.25) is 0 Å². The summed E-state index contributed by atoms with van der Waals surface area (Å²) in [6.45, 7) is 6.37. The van der Waals surface area contributed by atoms with Crippen molar-refractivity contribution >= 4 is 38.9 Å². The highest BCUT2D eigenvalue weighted by atomic mass is 79.9. The Kier molecular flexibility index (Phi) is 3.62. The second-order valence-corrected chi connectivity index (χ2v) is 6.12. The van der Waals surface area contributed by atoms with E-state index in [-0.39, 0.29) is 5.38 Å². The minimum Gasteiger partial charge on any atom is -0.131 e. The van der Waals surface area contributed by atoms with E-state index in [9.17, 15) is 0 Å². The van der Waals surface area contributed by atoms with Gasteiger partial charge in [0.1, 0.15) is 0 Å². The van der Waals surface area contributed by atoms with Gasteiger partial charge in [0.05, 0.1) is 9.16 Å². The standard InChI is InChI=1S/C9H12BrClS/c1-5(2)8(11)7-4-6(3)9(10)12-7/h4-5,8H,1-3H3. The van der Waals surface area contributed by atoms with E-state index in [4.69, 9.17) is 11.6 Å². The van der Waals surface area contributed by atoms with E-state index in [1.54, 1.807) is 11.3 Å². The molecule has 0 bridgehead atoms. The van der Waals surface area contributed by atoms with Crippen molar-refractivity contribution in [3.63, 3.8) is 0 Å². The Hall–Kier alpha value is 0.470. The first-order valence-corrected chi connectivity index (χ1v) is 5.97. The van der Waals surface area contributed by atoms with Gasteiger partial charge >= 0.3 is 0 Å². The first kappa shape index (κ1) is 10.6. The molecule has 0 aromatic carbocycles. The molecule has 0 amide bonds. The fourth-order valence-electron chi connectivity index (χ4n) is 0.948. The van der Waals surface area contributed by atoms with Crippen molar-refractivity contribution in [2.24, 2.45) is 5.92 Å². The molecule has 0 saturated carbocycles. The molecule has 1 rings (SSSR count). The van der Waals surface area contributed by atoms with Crippen molar-refractivity contribution in [3.8, 4) is 0 Å². The van der Waals surface area contributed by atoms with Crippen LogP contribution in [0.1, 0.15) is 29.7 Å². The van der Waals surface area contributed by atoms with E-state index in [1.165, 1.54) is 14.2 Å². The molecule has 3 heteroatoms. The van der Waals surface area contributed by atoms with Crippen molar-refractivity contribution in [3.05, 3.63) is 20.3 Å². The number of hydrogen-bond acceptors (Lipinski definition) is 1. The lowest BCUT2D eigenvalue weighted by Gasteiger charge is -2.09. The molecular formula is C9H12BrClS. The molecule has 0 radical (unpaired) electrons. The Labute approximate surface area is 91.1 Å². The van der Waals surface area contributed by atoms with E-state index in [0.29, 0.717) is 5.92 Å². The number of rotatable bonds is 2. The van der Waals surface area contributed by atoms with E-state index in [1.807, 2.05) is 0 Å². The van der Waals surface area contributed by atoms with Crippen molar-refractivity contribution in [1.29, 1.82) is 0 Å². The topological polar surface area (TPSA) is 0 Å². The molecule has 68 valence electrons. The van der Waals surface area contributed by atoms with Gasteiger partial charge in [-0.2, -0.15) is 0 Å². The van der Waals surface area contributed by atoms with Crippen LogP contribution < -0.4 is 0 Å². The molecule has 0 aliphatic heterocycles. The molecule has 0 fully saturated rings. The number of alkyl halides is 1. The molecule has 12 heavy (non-hydrogen) atoms. The van der Waals surface area contributed by atoms with E-state index in [0.717, 1.165) is 0 Å². The Morgan fingerprint density at radius 3 is 2.42 bits per heavy atom. The van der Waals surface area contributed by atoms with Gasteiger partial charge in [0, 0.05) is 4.88 Å². The van der Waals surface area contributed by atoms with Crippen LogP contribution in [0.5, 0.6) is 0 Å². The maximum absolute atomic E-state index is 6.22. The summed E-state index contributed by atoms with van der Waals surface area (Å²) in [5, 5.41) is 0.153. The summed E-state index contributed by atoms with van der Waals surface area (Å²) in [7, 11) is 0. The van der Waals surface area contributed by atoms with Gasteiger partial charge in [-0.15, -0.1) is 22.9 Å². The second-order valence-electron chi connectivity index (χ2n) is 3.25. The van der Waals surface area contributed by atoms with Crippen molar-refractivity contribution in [2.45, 2.75) is 26.1 Å². The van der Waals surface area contributed by atoms with Crippen LogP contribution in [-0.2, 0) is 0 Å². The third-order valence-electron chi connectivity index (χ3n) is 1.73. The lowest BCUT2D eigenvalue weighted by atomic mass is 10.1. The Morgan fingerprint density at radius 1 is 1.50 bits per heavy atom. The molecular weight excluding hydrogens is 256 g/mol. The minimum atomic E-state index is 0.153. The largest absolute Gasteiger partial charge is 0.131 e. The van der Waals surface area contributed by atoms with E-state index >= 15 is 0 Å². The lowest BCUT2D eigenvalue weighted by Crippen LogP contribution is -1.95. The first-order valence-electron chi connectivity index (χ1n) is 3.92. The van der Waals surface area contributed by atoms with Crippen LogP contribution in [0.3, 0.4) is 0 Å². The Balaban J connectivity index is 2.89. The fourth-order valence-corrected chi connectivity index (χ4v) is 2.87. The molecule has 0 saturated heterocycles. The maximum Gasteiger partial charge on any atom is 0.0731 e. The van der Waals surface area contributed by atoms with Crippen LogP contribution in [0.2, 0.25) is 0 Å². The predicted octanol–water partition coefficient (Wildman–Crippen LogP) is 4.75. The molecule has 1 aromatic heterocycles. The summed E-state index contributed by atoms with van der Waals surface area (Å²) in [4.78, 5) is 1.26. The van der Waals surface area contributed by atoms with Crippen LogP contribution >= 0.6 is 38.9 Å². The SMILES string of the molecule is Cc1cc(C(Cl)C(C)C)sc1Br. The summed E-state index contributed by atoms with van der Waals surface area (Å²) >= 11 is 11.4. The van der Waals surface area contributed by atoms with Crippen molar-refractivity contribution in [1.82, 2.24) is 0 Å². The number of hydrogen-bond donors (Lipinski definition) is 0. The Morgan fingerprint density at radius 2 is 2.08 bits per heavy atom. The highest BCUT2D eigenvalue weighted by Crippen LogP contribution is 2.37. The van der Waals surface area contributed by atoms with Crippen molar-refractivity contribution in [2.75, 3.05) is 0 Å². The van der Waals surface area contributed by atoms with Crippen LogP contribution in [0, 0.1) is 12.8 Å². The first-order chi connectivity index (χ1) is 5.52. The molecule has 1 atom stereocenters. The van der Waals surface area contributed by atoms with Crippen molar-refractivity contribution < 1.29 is 0 Å². The zero-order chi connectivity index (χ0) is 9.30. The van der Waals surface area contributed by atoms with E-state index in [2.05, 4.69) is 42.8 Å². The van der Waals surface area contributed by atoms with Crippen LogP contribution in [0.15, 0.2) is 9.85 Å². The Bertz CT molecular complexity index is 248. The highest BCUT2D eigenvalue weighted by molar-refractivity contribution is 9.11. The molecule has 0 spiro atoms. The number of halogens is 2. The summed E-state index contributed by atoms with van der Waals surface area (Å²) in [6, 6.07) is 2.16. The summed E-state index contributed by atoms with van der Waals surface area (Å²) in [6.07, 6.45) is 0. The minimum absolute atomic E-state index is 0.153. The second kappa shape index (κ2) is 4.12. The van der Waals surface area contributed by atoms with Crippen LogP contribution in [-0.4, -0.2) is 0 Å². The monoisotopic (exact) mass is 266 g/mol. The smallest absolute Gasteiger partial charge is 0.0731 e. The molecule has 1 heterocycles. The van der Waals surface area contributed by atoms with Gasteiger partial charge in [0.25, 0.3) is 0 Å². The third kappa shape index (κ3) is 2.24. The predicted molar refractivity (Wildman–Crippen MR) is 60.2 cm³/mol. The quantitative estimate of drug-likeness (QED) is 0.678. The fraction of sp³-hybridized carbons (Fsp3) is 0.556. The zero-order valence-corrected chi connectivity index (χ0v) is 10.6. The van der Waals surface area contributed by atoms with Gasteiger partial charge in [-0.1, -0.05) is 13.8 Å². The summed E-state index contributed by atoms with van der Waals surface area (Å²) < 4.78 is 1.20. The number of aryl methyl sites for hydroxylation is 1. The summed E-state index contributed by atoms with van der Waals surface area (Å²) in [5.74, 6) is 0.497. The molecule has 0 aliphatic rings. The number of thiophene rings is 1. The van der Waals surface area contributed by atoms with Crippen LogP contribution in [0.4, 0.5) is 0 Å². The van der Waals surface area contributed by atoms with Gasteiger partial charge in [-0.25, -0.2) is 0 Å². The molecule has 1 aromatic rings. The maximum atomic E-state index is 6.22. The highest BCUT2D eigenvalue weighted by Gasteiger charge is 2.15. The average Bonchev–Trinajstić information content (AvgIpc) is 2.30. The molecule has 1 unspecified atom stereocenters. The molecule has 0 nitrogen and oxygen atoms in total. The van der Waals surface area contributed by atoms with Crippen LogP contribution in [0.25, 0.3) is 0 Å². The molecule has 0 N–H and O–H groups in total. The normalized spacial score (nSPS) is 13.8. The zero-order valence-electron chi connectivity index (χ0n) is 7.40.